The van der Waals surface area contributed by atoms with Gasteiger partial charge in [0, 0.05) is 25.2 Å². The maximum absolute atomic E-state index is 5.71. The Balaban J connectivity index is 1.59. The number of nitrogens with one attached hydrogen (secondary N) is 1. The molecule has 0 radical (unpaired) electrons. The lowest BCUT2D eigenvalue weighted by Gasteiger charge is -2.37. The lowest BCUT2D eigenvalue weighted by Crippen LogP contribution is -2.54. The summed E-state index contributed by atoms with van der Waals surface area (Å²) in [7, 11) is 0. The Hall–Kier alpha value is -1.06. The molecule has 1 N–H and O–H groups in total. The van der Waals surface area contributed by atoms with Crippen molar-refractivity contribution < 1.29 is 4.74 Å². The molecule has 1 fully saturated rings. The van der Waals surface area contributed by atoms with Crippen LogP contribution in [0.2, 0.25) is 0 Å². The van der Waals surface area contributed by atoms with Gasteiger partial charge in [-0.3, -0.25) is 4.90 Å². The number of benzene rings is 1. The van der Waals surface area contributed by atoms with Crippen molar-refractivity contribution in [2.24, 2.45) is 0 Å². The van der Waals surface area contributed by atoms with Gasteiger partial charge in [0.1, 0.15) is 5.75 Å². The quantitative estimate of drug-likeness (QED) is 0.797. The van der Waals surface area contributed by atoms with Gasteiger partial charge < -0.3 is 10.1 Å². The number of hydrogen-bond acceptors (Lipinski definition) is 3. The summed E-state index contributed by atoms with van der Waals surface area (Å²) < 4.78 is 5.71. The van der Waals surface area contributed by atoms with Gasteiger partial charge in [-0.1, -0.05) is 18.2 Å². The van der Waals surface area contributed by atoms with E-state index in [4.69, 9.17) is 4.74 Å². The summed E-state index contributed by atoms with van der Waals surface area (Å²) in [6.45, 7) is 8.85. The molecule has 2 atom stereocenters. The van der Waals surface area contributed by atoms with Crippen LogP contribution < -0.4 is 10.1 Å². The van der Waals surface area contributed by atoms with Gasteiger partial charge in [-0.15, -0.1) is 0 Å². The van der Waals surface area contributed by atoms with E-state index in [1.54, 1.807) is 0 Å². The maximum Gasteiger partial charge on any atom is 0.119 e. The molecule has 3 nitrogen and oxygen atoms in total. The van der Waals surface area contributed by atoms with E-state index >= 15 is 0 Å². The molecule has 3 heteroatoms. The highest BCUT2D eigenvalue weighted by Gasteiger charge is 2.21. The highest BCUT2D eigenvalue weighted by atomic mass is 16.5. The Morgan fingerprint density at radius 2 is 2.00 bits per heavy atom. The van der Waals surface area contributed by atoms with E-state index in [2.05, 4.69) is 24.1 Å². The normalized spacial score (nSPS) is 24.3. The molecule has 0 saturated carbocycles. The third-order valence-electron chi connectivity index (χ3n) is 3.75. The zero-order valence-electron chi connectivity index (χ0n) is 12.1. The van der Waals surface area contributed by atoms with Crippen molar-refractivity contribution in [3.63, 3.8) is 0 Å². The minimum Gasteiger partial charge on any atom is -0.494 e. The van der Waals surface area contributed by atoms with Gasteiger partial charge in [-0.25, -0.2) is 0 Å². The van der Waals surface area contributed by atoms with E-state index < -0.39 is 0 Å². The van der Waals surface area contributed by atoms with E-state index in [1.807, 2.05) is 30.3 Å². The lowest BCUT2D eigenvalue weighted by molar-refractivity contribution is 0.141. The number of unbranched alkanes of at least 4 members (excludes halogenated alkanes) is 1. The van der Waals surface area contributed by atoms with Gasteiger partial charge in [0.15, 0.2) is 0 Å². The molecule has 1 saturated heterocycles. The average Bonchev–Trinajstić information content (AvgIpc) is 2.43. The van der Waals surface area contributed by atoms with E-state index in [9.17, 15) is 0 Å². The Morgan fingerprint density at radius 3 is 2.79 bits per heavy atom. The first-order valence-electron chi connectivity index (χ1n) is 7.41. The van der Waals surface area contributed by atoms with Gasteiger partial charge in [-0.2, -0.15) is 0 Å². The molecule has 0 aromatic heterocycles. The van der Waals surface area contributed by atoms with E-state index in [-0.39, 0.29) is 0 Å². The smallest absolute Gasteiger partial charge is 0.119 e. The second-order valence-electron chi connectivity index (χ2n) is 5.52. The highest BCUT2D eigenvalue weighted by molar-refractivity contribution is 5.20. The largest absolute Gasteiger partial charge is 0.494 e. The summed E-state index contributed by atoms with van der Waals surface area (Å²) in [5.41, 5.74) is 0. The molecule has 1 aliphatic heterocycles. The average molecular weight is 262 g/mol. The third kappa shape index (κ3) is 4.84. The summed E-state index contributed by atoms with van der Waals surface area (Å²) in [4.78, 5) is 2.59. The summed E-state index contributed by atoms with van der Waals surface area (Å²) in [6.07, 6.45) is 2.34. The summed E-state index contributed by atoms with van der Waals surface area (Å²) in [5.74, 6) is 0.978. The van der Waals surface area contributed by atoms with Crippen molar-refractivity contribution >= 4 is 0 Å². The van der Waals surface area contributed by atoms with Gasteiger partial charge in [0.25, 0.3) is 0 Å². The van der Waals surface area contributed by atoms with E-state index in [0.29, 0.717) is 12.1 Å². The van der Waals surface area contributed by atoms with E-state index in [1.165, 1.54) is 19.5 Å². The third-order valence-corrected chi connectivity index (χ3v) is 3.75. The molecule has 106 valence electrons. The zero-order chi connectivity index (χ0) is 13.5. The highest BCUT2D eigenvalue weighted by Crippen LogP contribution is 2.10. The van der Waals surface area contributed by atoms with Crippen molar-refractivity contribution in [1.82, 2.24) is 10.2 Å². The van der Waals surface area contributed by atoms with Crippen LogP contribution >= 0.6 is 0 Å². The molecule has 1 aromatic rings. The van der Waals surface area contributed by atoms with Gasteiger partial charge in [-0.05, 0) is 45.4 Å². The molecule has 2 rings (SSSR count). The van der Waals surface area contributed by atoms with Crippen LogP contribution in [-0.2, 0) is 0 Å². The molecule has 0 amide bonds. The first-order chi connectivity index (χ1) is 9.25. The monoisotopic (exact) mass is 262 g/mol. The molecular formula is C16H26N2O. The SMILES string of the molecule is CC1CN(CCCCOc2ccccc2)C(C)CN1. The molecule has 1 aromatic carbocycles. The Bertz CT molecular complexity index is 355. The molecule has 19 heavy (non-hydrogen) atoms. The van der Waals surface area contributed by atoms with Gasteiger partial charge >= 0.3 is 0 Å². The van der Waals surface area contributed by atoms with E-state index in [0.717, 1.165) is 25.3 Å². The number of ether oxygens (including phenoxy) is 1. The van der Waals surface area contributed by atoms with Crippen LogP contribution in [0, 0.1) is 0 Å². The van der Waals surface area contributed by atoms with Crippen molar-refractivity contribution in [2.75, 3.05) is 26.2 Å². The van der Waals surface area contributed by atoms with Crippen LogP contribution in [0.15, 0.2) is 30.3 Å². The second kappa shape index (κ2) is 7.51. The molecular weight excluding hydrogens is 236 g/mol. The summed E-state index contributed by atoms with van der Waals surface area (Å²) in [6, 6.07) is 11.3. The first kappa shape index (κ1) is 14.4. The first-order valence-corrected chi connectivity index (χ1v) is 7.41. The van der Waals surface area contributed by atoms with Crippen molar-refractivity contribution in [3.8, 4) is 5.75 Å². The van der Waals surface area contributed by atoms with Crippen LogP contribution in [0.5, 0.6) is 5.75 Å². The predicted octanol–water partition coefficient (Wildman–Crippen LogP) is 2.53. The Morgan fingerprint density at radius 1 is 1.21 bits per heavy atom. The number of nitrogens with zero attached hydrogens (tertiary/aromatic N) is 1. The second-order valence-corrected chi connectivity index (χ2v) is 5.52. The molecule has 1 heterocycles. The van der Waals surface area contributed by atoms with Gasteiger partial charge in [0.2, 0.25) is 0 Å². The molecule has 0 aliphatic carbocycles. The van der Waals surface area contributed by atoms with Crippen molar-refractivity contribution in [2.45, 2.75) is 38.8 Å². The minimum atomic E-state index is 0.622. The molecule has 0 spiro atoms. The number of hydrogen-bond donors (Lipinski definition) is 1. The van der Waals surface area contributed by atoms with Crippen LogP contribution in [0.1, 0.15) is 26.7 Å². The van der Waals surface area contributed by atoms with Crippen LogP contribution in [0.4, 0.5) is 0 Å². The standard InChI is InChI=1S/C16H26N2O/c1-14-13-18(15(2)12-17-14)10-6-7-11-19-16-8-4-3-5-9-16/h3-5,8-9,14-15,17H,6-7,10-13H2,1-2H3. The summed E-state index contributed by atoms with van der Waals surface area (Å²) >= 11 is 0. The Kier molecular flexibility index (Phi) is 5.67. The summed E-state index contributed by atoms with van der Waals surface area (Å²) in [5, 5.41) is 3.52. The maximum atomic E-state index is 5.71. The number of rotatable bonds is 6. The fourth-order valence-corrected chi connectivity index (χ4v) is 2.53. The van der Waals surface area contributed by atoms with Crippen molar-refractivity contribution in [3.05, 3.63) is 30.3 Å². The fourth-order valence-electron chi connectivity index (χ4n) is 2.53. The minimum absolute atomic E-state index is 0.622. The predicted molar refractivity (Wildman–Crippen MR) is 79.7 cm³/mol. The van der Waals surface area contributed by atoms with Crippen LogP contribution in [0.3, 0.4) is 0 Å². The topological polar surface area (TPSA) is 24.5 Å². The van der Waals surface area contributed by atoms with Crippen LogP contribution in [0.25, 0.3) is 0 Å². The lowest BCUT2D eigenvalue weighted by atomic mass is 10.1. The fraction of sp³-hybridized carbons (Fsp3) is 0.625. The molecule has 0 bridgehead atoms. The van der Waals surface area contributed by atoms with Gasteiger partial charge in [0.05, 0.1) is 6.61 Å². The molecule has 2 unspecified atom stereocenters. The van der Waals surface area contributed by atoms with Crippen molar-refractivity contribution in [1.29, 1.82) is 0 Å². The zero-order valence-corrected chi connectivity index (χ0v) is 12.1. The Labute approximate surface area is 116 Å². The van der Waals surface area contributed by atoms with Crippen LogP contribution in [-0.4, -0.2) is 43.2 Å². The number of piperazine rings is 1. The molecule has 1 aliphatic rings. The number of para-hydroxylation sites is 1.